The third-order valence-corrected chi connectivity index (χ3v) is 5.23. The van der Waals surface area contributed by atoms with E-state index in [2.05, 4.69) is 11.4 Å². The molecule has 1 N–H and O–H groups in total. The molecular formula is C27H19ClN2O5. The molecule has 0 radical (unpaired) electrons. The summed E-state index contributed by atoms with van der Waals surface area (Å²) in [7, 11) is 0. The number of anilines is 1. The lowest BCUT2D eigenvalue weighted by Crippen LogP contribution is -2.23. The number of carbonyl (C=O) groups excluding carboxylic acids is 2. The van der Waals surface area contributed by atoms with Crippen LogP contribution < -0.4 is 10.1 Å². The normalized spacial score (nSPS) is 10.3. The van der Waals surface area contributed by atoms with Crippen molar-refractivity contribution in [1.29, 1.82) is 5.26 Å². The molecule has 0 bridgehead atoms. The van der Waals surface area contributed by atoms with Crippen molar-refractivity contribution in [3.63, 3.8) is 0 Å². The van der Waals surface area contributed by atoms with Crippen LogP contribution in [-0.2, 0) is 14.3 Å². The molecule has 1 aromatic heterocycles. The van der Waals surface area contributed by atoms with Gasteiger partial charge in [-0.2, -0.15) is 5.26 Å². The zero-order chi connectivity index (χ0) is 24.6. The molecule has 4 aromatic rings. The van der Waals surface area contributed by atoms with Gasteiger partial charge in [0.05, 0.1) is 5.02 Å². The second kappa shape index (κ2) is 11.1. The van der Waals surface area contributed by atoms with Gasteiger partial charge < -0.3 is 13.9 Å². The van der Waals surface area contributed by atoms with E-state index >= 15 is 0 Å². The maximum absolute atomic E-state index is 12.5. The number of halogens is 1. The average molecular weight is 487 g/mol. The number of furan rings is 1. The van der Waals surface area contributed by atoms with Crippen molar-refractivity contribution in [3.05, 3.63) is 95.5 Å². The standard InChI is InChI=1S/C27H19ClN2O5/c28-21-13-7-8-14-22(21)33-17-24(32)34-16-23(31)30-27-20(15-29)25(18-9-3-1-4-10-18)26(35-27)19-11-5-2-6-12-19/h1-14H,16-17H2,(H,30,31). The monoisotopic (exact) mass is 486 g/mol. The van der Waals surface area contributed by atoms with Crippen molar-refractivity contribution in [2.24, 2.45) is 0 Å². The summed E-state index contributed by atoms with van der Waals surface area (Å²) in [5, 5.41) is 12.8. The Morgan fingerprint density at radius 2 is 1.51 bits per heavy atom. The number of esters is 1. The first-order valence-electron chi connectivity index (χ1n) is 10.6. The fourth-order valence-corrected chi connectivity index (χ4v) is 3.54. The summed E-state index contributed by atoms with van der Waals surface area (Å²) < 4.78 is 16.2. The molecule has 1 heterocycles. The summed E-state index contributed by atoms with van der Waals surface area (Å²) in [6.45, 7) is -1.00. The quantitative estimate of drug-likeness (QED) is 0.320. The van der Waals surface area contributed by atoms with Gasteiger partial charge >= 0.3 is 5.97 Å². The highest BCUT2D eigenvalue weighted by Crippen LogP contribution is 2.41. The first-order valence-corrected chi connectivity index (χ1v) is 10.9. The Morgan fingerprint density at radius 3 is 2.17 bits per heavy atom. The summed E-state index contributed by atoms with van der Waals surface area (Å²) in [5.41, 5.74) is 2.22. The van der Waals surface area contributed by atoms with Gasteiger partial charge in [0.2, 0.25) is 5.88 Å². The van der Waals surface area contributed by atoms with Gasteiger partial charge in [0.15, 0.2) is 13.2 Å². The van der Waals surface area contributed by atoms with E-state index in [9.17, 15) is 14.9 Å². The Bertz CT molecular complexity index is 1380. The van der Waals surface area contributed by atoms with Crippen molar-refractivity contribution < 1.29 is 23.5 Å². The Hall–Kier alpha value is -4.54. The van der Waals surface area contributed by atoms with Gasteiger partial charge in [0.25, 0.3) is 5.91 Å². The average Bonchev–Trinajstić information content (AvgIpc) is 3.26. The van der Waals surface area contributed by atoms with Crippen LogP contribution in [0.1, 0.15) is 5.56 Å². The van der Waals surface area contributed by atoms with Crippen LogP contribution in [0.3, 0.4) is 0 Å². The molecule has 3 aromatic carbocycles. The van der Waals surface area contributed by atoms with E-state index in [-0.39, 0.29) is 11.4 Å². The van der Waals surface area contributed by atoms with Gasteiger partial charge in [0, 0.05) is 11.1 Å². The molecular weight excluding hydrogens is 468 g/mol. The third-order valence-electron chi connectivity index (χ3n) is 4.92. The Morgan fingerprint density at radius 1 is 0.886 bits per heavy atom. The molecule has 0 aliphatic rings. The molecule has 0 spiro atoms. The molecule has 0 saturated heterocycles. The topological polar surface area (TPSA) is 102 Å². The van der Waals surface area contributed by atoms with Crippen molar-refractivity contribution in [1.82, 2.24) is 0 Å². The van der Waals surface area contributed by atoms with E-state index in [0.717, 1.165) is 11.1 Å². The maximum Gasteiger partial charge on any atom is 0.344 e. The summed E-state index contributed by atoms with van der Waals surface area (Å²) >= 11 is 5.98. The fourth-order valence-electron chi connectivity index (χ4n) is 3.35. The van der Waals surface area contributed by atoms with Gasteiger partial charge in [0.1, 0.15) is 23.1 Å². The van der Waals surface area contributed by atoms with Gasteiger partial charge in [-0.25, -0.2) is 4.79 Å². The van der Waals surface area contributed by atoms with Crippen LogP contribution >= 0.6 is 11.6 Å². The fraction of sp³-hybridized carbons (Fsp3) is 0.0741. The van der Waals surface area contributed by atoms with Crippen LogP contribution in [0.4, 0.5) is 5.88 Å². The summed E-state index contributed by atoms with van der Waals surface area (Å²) in [5.74, 6) is -0.686. The molecule has 8 heteroatoms. The predicted octanol–water partition coefficient (Wildman–Crippen LogP) is 5.70. The molecule has 7 nitrogen and oxygen atoms in total. The molecule has 0 unspecified atom stereocenters. The Kier molecular flexibility index (Phi) is 7.46. The number of nitriles is 1. The lowest BCUT2D eigenvalue weighted by Gasteiger charge is -2.08. The highest BCUT2D eigenvalue weighted by molar-refractivity contribution is 6.32. The van der Waals surface area contributed by atoms with Crippen molar-refractivity contribution in [3.8, 4) is 34.3 Å². The minimum atomic E-state index is -0.755. The number of para-hydroxylation sites is 1. The summed E-state index contributed by atoms with van der Waals surface area (Å²) in [6.07, 6.45) is 0. The third kappa shape index (κ3) is 5.69. The van der Waals surface area contributed by atoms with Gasteiger partial charge in [-0.3, -0.25) is 10.1 Å². The first-order chi connectivity index (χ1) is 17.1. The predicted molar refractivity (Wildman–Crippen MR) is 131 cm³/mol. The minimum Gasteiger partial charge on any atom is -0.480 e. The molecule has 4 rings (SSSR count). The zero-order valence-electron chi connectivity index (χ0n) is 18.4. The van der Waals surface area contributed by atoms with E-state index in [0.29, 0.717) is 22.1 Å². The minimum absolute atomic E-state index is 0.0291. The van der Waals surface area contributed by atoms with Crippen LogP contribution in [0.2, 0.25) is 5.02 Å². The number of carbonyl (C=O) groups is 2. The highest BCUT2D eigenvalue weighted by Gasteiger charge is 2.24. The molecule has 0 aliphatic heterocycles. The lowest BCUT2D eigenvalue weighted by molar-refractivity contribution is -0.149. The van der Waals surface area contributed by atoms with Crippen molar-refractivity contribution >= 4 is 29.4 Å². The van der Waals surface area contributed by atoms with Gasteiger partial charge in [-0.15, -0.1) is 0 Å². The molecule has 0 saturated carbocycles. The van der Waals surface area contributed by atoms with Gasteiger partial charge in [-0.1, -0.05) is 84.4 Å². The van der Waals surface area contributed by atoms with E-state index in [1.807, 2.05) is 60.7 Å². The van der Waals surface area contributed by atoms with Crippen molar-refractivity contribution in [2.45, 2.75) is 0 Å². The van der Waals surface area contributed by atoms with E-state index < -0.39 is 25.1 Å². The molecule has 1 amide bonds. The SMILES string of the molecule is N#Cc1c(NC(=O)COC(=O)COc2ccccc2Cl)oc(-c2ccccc2)c1-c1ccccc1. The number of benzene rings is 3. The molecule has 0 fully saturated rings. The number of rotatable bonds is 8. The number of nitrogens with one attached hydrogen (secondary N) is 1. The van der Waals surface area contributed by atoms with Crippen LogP contribution in [0.25, 0.3) is 22.5 Å². The lowest BCUT2D eigenvalue weighted by atomic mass is 9.98. The largest absolute Gasteiger partial charge is 0.480 e. The smallest absolute Gasteiger partial charge is 0.344 e. The second-order valence-corrected chi connectivity index (χ2v) is 7.69. The van der Waals surface area contributed by atoms with Crippen LogP contribution in [-0.4, -0.2) is 25.1 Å². The number of amides is 1. The van der Waals surface area contributed by atoms with Crippen LogP contribution in [0, 0.1) is 11.3 Å². The maximum atomic E-state index is 12.5. The molecule has 174 valence electrons. The summed E-state index contributed by atoms with van der Waals surface area (Å²) in [6, 6.07) is 27.3. The van der Waals surface area contributed by atoms with E-state index in [4.69, 9.17) is 25.5 Å². The van der Waals surface area contributed by atoms with Crippen molar-refractivity contribution in [2.75, 3.05) is 18.5 Å². The van der Waals surface area contributed by atoms with E-state index in [1.165, 1.54) is 0 Å². The number of nitrogens with zero attached hydrogens (tertiary/aromatic N) is 1. The zero-order valence-corrected chi connectivity index (χ0v) is 19.1. The van der Waals surface area contributed by atoms with Crippen LogP contribution in [0.15, 0.2) is 89.3 Å². The summed E-state index contributed by atoms with van der Waals surface area (Å²) in [4.78, 5) is 24.5. The first kappa shape index (κ1) is 23.6. The van der Waals surface area contributed by atoms with Crippen LogP contribution in [0.5, 0.6) is 5.75 Å². The highest BCUT2D eigenvalue weighted by atomic mass is 35.5. The van der Waals surface area contributed by atoms with Gasteiger partial charge in [-0.05, 0) is 17.7 Å². The molecule has 0 atom stereocenters. The Labute approximate surface area is 206 Å². The van der Waals surface area contributed by atoms with E-state index in [1.54, 1.807) is 24.3 Å². The number of hydrogen-bond donors (Lipinski definition) is 1. The Balaban J connectivity index is 1.48. The molecule has 0 aliphatic carbocycles. The number of ether oxygens (including phenoxy) is 2. The second-order valence-electron chi connectivity index (χ2n) is 7.28. The molecule has 35 heavy (non-hydrogen) atoms. The number of hydrogen-bond acceptors (Lipinski definition) is 6.